The predicted octanol–water partition coefficient (Wildman–Crippen LogP) is 4.33. The predicted molar refractivity (Wildman–Crippen MR) is 72.4 cm³/mol. The summed E-state index contributed by atoms with van der Waals surface area (Å²) in [6, 6.07) is 11.5. The number of alkyl halides is 3. The Hall–Kier alpha value is -2.68. The smallest absolute Gasteiger partial charge is 0.416 e. The number of para-hydroxylation sites is 1. The van der Waals surface area contributed by atoms with Gasteiger partial charge in [0.1, 0.15) is 11.8 Å². The molecule has 2 aromatic carbocycles. The van der Waals surface area contributed by atoms with Crippen molar-refractivity contribution in [1.82, 2.24) is 0 Å². The molecule has 0 bridgehead atoms. The number of methoxy groups -OCH3 is 1. The molecule has 0 saturated heterocycles. The Morgan fingerprint density at radius 1 is 1.10 bits per heavy atom. The van der Waals surface area contributed by atoms with Crippen molar-refractivity contribution in [3.63, 3.8) is 0 Å². The third-order valence-electron chi connectivity index (χ3n) is 2.85. The Balaban J connectivity index is 2.33. The van der Waals surface area contributed by atoms with Crippen molar-refractivity contribution < 1.29 is 17.9 Å². The monoisotopic (exact) mass is 292 g/mol. The number of ether oxygens (including phenoxy) is 1. The van der Waals surface area contributed by atoms with E-state index in [1.807, 2.05) is 6.07 Å². The Labute approximate surface area is 119 Å². The lowest BCUT2D eigenvalue weighted by atomic mass is 10.1. The molecule has 2 rings (SSSR count). The molecule has 0 aliphatic rings. The zero-order valence-corrected chi connectivity index (χ0v) is 11.0. The number of anilines is 2. The molecule has 0 amide bonds. The van der Waals surface area contributed by atoms with Crippen LogP contribution in [-0.2, 0) is 6.18 Å². The molecule has 0 aliphatic carbocycles. The van der Waals surface area contributed by atoms with Crippen LogP contribution in [0, 0.1) is 11.3 Å². The molecule has 0 atom stereocenters. The maximum Gasteiger partial charge on any atom is 0.416 e. The first-order chi connectivity index (χ1) is 9.95. The van der Waals surface area contributed by atoms with E-state index in [4.69, 9.17) is 10.00 Å². The summed E-state index contributed by atoms with van der Waals surface area (Å²) in [4.78, 5) is 0. The van der Waals surface area contributed by atoms with Crippen molar-refractivity contribution in [1.29, 1.82) is 5.26 Å². The molecule has 0 fully saturated rings. The SMILES string of the molecule is COc1cccc(C#N)c1Nc1ccc(C(F)(F)F)cc1. The van der Waals surface area contributed by atoms with Gasteiger partial charge in [-0.3, -0.25) is 0 Å². The lowest BCUT2D eigenvalue weighted by Gasteiger charge is -2.13. The van der Waals surface area contributed by atoms with E-state index in [1.54, 1.807) is 18.2 Å². The van der Waals surface area contributed by atoms with Crippen LogP contribution in [0.1, 0.15) is 11.1 Å². The van der Waals surface area contributed by atoms with Crippen LogP contribution in [0.4, 0.5) is 24.5 Å². The molecule has 0 spiro atoms. The van der Waals surface area contributed by atoms with Gasteiger partial charge in [0.15, 0.2) is 0 Å². The Bertz CT molecular complexity index is 673. The number of hydrogen-bond donors (Lipinski definition) is 1. The summed E-state index contributed by atoms with van der Waals surface area (Å²) in [6.07, 6.45) is -4.37. The Kier molecular flexibility index (Phi) is 4.03. The van der Waals surface area contributed by atoms with E-state index in [-0.39, 0.29) is 0 Å². The molecule has 1 N–H and O–H groups in total. The van der Waals surface area contributed by atoms with Crippen molar-refractivity contribution in [2.75, 3.05) is 12.4 Å². The number of nitriles is 1. The van der Waals surface area contributed by atoms with Crippen molar-refractivity contribution in [3.05, 3.63) is 53.6 Å². The third-order valence-corrected chi connectivity index (χ3v) is 2.85. The second-order valence-electron chi connectivity index (χ2n) is 4.19. The first-order valence-electron chi connectivity index (χ1n) is 5.97. The minimum Gasteiger partial charge on any atom is -0.495 e. The van der Waals surface area contributed by atoms with Crippen LogP contribution in [0.2, 0.25) is 0 Å². The van der Waals surface area contributed by atoms with Crippen LogP contribution in [0.5, 0.6) is 5.75 Å². The summed E-state index contributed by atoms with van der Waals surface area (Å²) in [5.74, 6) is 0.439. The second-order valence-corrected chi connectivity index (χ2v) is 4.19. The molecule has 21 heavy (non-hydrogen) atoms. The van der Waals surface area contributed by atoms with Gasteiger partial charge < -0.3 is 10.1 Å². The summed E-state index contributed by atoms with van der Waals surface area (Å²) < 4.78 is 42.6. The van der Waals surface area contributed by atoms with Crippen LogP contribution in [0.15, 0.2) is 42.5 Å². The van der Waals surface area contributed by atoms with E-state index >= 15 is 0 Å². The highest BCUT2D eigenvalue weighted by atomic mass is 19.4. The fourth-order valence-electron chi connectivity index (χ4n) is 1.81. The topological polar surface area (TPSA) is 45.0 Å². The number of halogens is 3. The molecule has 0 unspecified atom stereocenters. The van der Waals surface area contributed by atoms with Gasteiger partial charge >= 0.3 is 6.18 Å². The molecule has 0 heterocycles. The summed E-state index contributed by atoms with van der Waals surface area (Å²) in [5, 5.41) is 12.0. The quantitative estimate of drug-likeness (QED) is 0.915. The fourth-order valence-corrected chi connectivity index (χ4v) is 1.81. The minimum atomic E-state index is -4.37. The van der Waals surface area contributed by atoms with Crippen molar-refractivity contribution in [2.45, 2.75) is 6.18 Å². The lowest BCUT2D eigenvalue weighted by Crippen LogP contribution is -2.04. The Morgan fingerprint density at radius 2 is 1.76 bits per heavy atom. The average molecular weight is 292 g/mol. The Morgan fingerprint density at radius 3 is 2.29 bits per heavy atom. The van der Waals surface area contributed by atoms with Crippen LogP contribution < -0.4 is 10.1 Å². The van der Waals surface area contributed by atoms with E-state index in [1.165, 1.54) is 19.2 Å². The van der Waals surface area contributed by atoms with Crippen molar-refractivity contribution in [2.24, 2.45) is 0 Å². The molecule has 0 aliphatic heterocycles. The van der Waals surface area contributed by atoms with Gasteiger partial charge in [-0.15, -0.1) is 0 Å². The van der Waals surface area contributed by atoms with E-state index in [9.17, 15) is 13.2 Å². The summed E-state index contributed by atoms with van der Waals surface area (Å²) >= 11 is 0. The number of nitrogens with zero attached hydrogens (tertiary/aromatic N) is 1. The van der Waals surface area contributed by atoms with Crippen LogP contribution in [0.3, 0.4) is 0 Å². The van der Waals surface area contributed by atoms with Crippen LogP contribution in [0.25, 0.3) is 0 Å². The van der Waals surface area contributed by atoms with Crippen LogP contribution in [-0.4, -0.2) is 7.11 Å². The zero-order valence-electron chi connectivity index (χ0n) is 11.0. The molecule has 2 aromatic rings. The van der Waals surface area contributed by atoms with E-state index in [0.29, 0.717) is 22.7 Å². The molecular weight excluding hydrogens is 281 g/mol. The van der Waals surface area contributed by atoms with E-state index < -0.39 is 11.7 Å². The molecular formula is C15H11F3N2O. The maximum atomic E-state index is 12.5. The number of nitrogens with one attached hydrogen (secondary N) is 1. The van der Waals surface area contributed by atoms with Gasteiger partial charge in [-0.25, -0.2) is 0 Å². The third kappa shape index (κ3) is 3.26. The molecule has 108 valence electrons. The van der Waals surface area contributed by atoms with E-state index in [2.05, 4.69) is 5.32 Å². The molecule has 0 radical (unpaired) electrons. The van der Waals surface area contributed by atoms with Gasteiger partial charge in [-0.2, -0.15) is 18.4 Å². The number of hydrogen-bond acceptors (Lipinski definition) is 3. The van der Waals surface area contributed by atoms with Gasteiger partial charge in [0, 0.05) is 5.69 Å². The minimum absolute atomic E-state index is 0.342. The summed E-state index contributed by atoms with van der Waals surface area (Å²) in [6.45, 7) is 0. The largest absolute Gasteiger partial charge is 0.495 e. The highest BCUT2D eigenvalue weighted by Crippen LogP contribution is 2.33. The first-order valence-corrected chi connectivity index (χ1v) is 5.97. The highest BCUT2D eigenvalue weighted by Gasteiger charge is 2.29. The fraction of sp³-hybridized carbons (Fsp3) is 0.133. The van der Waals surface area contributed by atoms with Gasteiger partial charge in [-0.05, 0) is 36.4 Å². The van der Waals surface area contributed by atoms with Crippen molar-refractivity contribution in [3.8, 4) is 11.8 Å². The lowest BCUT2D eigenvalue weighted by molar-refractivity contribution is -0.137. The molecule has 0 saturated carbocycles. The van der Waals surface area contributed by atoms with Crippen molar-refractivity contribution >= 4 is 11.4 Å². The maximum absolute atomic E-state index is 12.5. The average Bonchev–Trinajstić information content (AvgIpc) is 2.47. The summed E-state index contributed by atoms with van der Waals surface area (Å²) in [7, 11) is 1.45. The van der Waals surface area contributed by atoms with Gasteiger partial charge in [0.25, 0.3) is 0 Å². The second kappa shape index (κ2) is 5.75. The number of rotatable bonds is 3. The number of benzene rings is 2. The normalized spacial score (nSPS) is 10.8. The van der Waals surface area contributed by atoms with Crippen LogP contribution >= 0.6 is 0 Å². The van der Waals surface area contributed by atoms with Gasteiger partial charge in [0.2, 0.25) is 0 Å². The molecule has 6 heteroatoms. The van der Waals surface area contributed by atoms with Gasteiger partial charge in [-0.1, -0.05) is 6.07 Å². The standard InChI is InChI=1S/C15H11F3N2O/c1-21-13-4-2-3-10(9-19)14(13)20-12-7-5-11(6-8-12)15(16,17)18/h2-8,20H,1H3. The van der Waals surface area contributed by atoms with Gasteiger partial charge in [0.05, 0.1) is 23.9 Å². The molecule has 3 nitrogen and oxygen atoms in total. The van der Waals surface area contributed by atoms with E-state index in [0.717, 1.165) is 12.1 Å². The zero-order chi connectivity index (χ0) is 15.5. The first kappa shape index (κ1) is 14.7. The molecule has 0 aromatic heterocycles. The highest BCUT2D eigenvalue weighted by molar-refractivity contribution is 5.73. The summed E-state index contributed by atoms with van der Waals surface area (Å²) in [5.41, 5.74) is 0.467.